The van der Waals surface area contributed by atoms with Gasteiger partial charge >= 0.3 is 11.9 Å². The van der Waals surface area contributed by atoms with Gasteiger partial charge in [-0.05, 0) is 18.6 Å². The van der Waals surface area contributed by atoms with E-state index in [2.05, 4.69) is 0 Å². The minimum atomic E-state index is -1.05. The lowest BCUT2D eigenvalue weighted by molar-refractivity contribution is -0.138. The van der Waals surface area contributed by atoms with E-state index in [1.54, 1.807) is 6.92 Å². The van der Waals surface area contributed by atoms with E-state index >= 15 is 0 Å². The second kappa shape index (κ2) is 6.67. The number of rotatable bonds is 7. The third-order valence-electron chi connectivity index (χ3n) is 1.71. The quantitative estimate of drug-likeness (QED) is 0.574. The van der Waals surface area contributed by atoms with Crippen LogP contribution in [0.15, 0.2) is 0 Å². The highest BCUT2D eigenvalue weighted by Gasteiger charge is 2.17. The molecular weight excluding hydrogens is 206 g/mol. The van der Waals surface area contributed by atoms with Crippen LogP contribution in [-0.4, -0.2) is 39.2 Å². The molecule has 0 aliphatic carbocycles. The van der Waals surface area contributed by atoms with E-state index < -0.39 is 23.2 Å². The van der Waals surface area contributed by atoms with Gasteiger partial charge in [0.2, 0.25) is 0 Å². The molecule has 0 aromatic rings. The fraction of sp³-hybridized carbons (Fsp3) is 0.750. The second-order valence-corrected chi connectivity index (χ2v) is 4.15. The van der Waals surface area contributed by atoms with Gasteiger partial charge in [0, 0.05) is 0 Å². The van der Waals surface area contributed by atoms with Gasteiger partial charge in [0.05, 0.1) is 0 Å². The van der Waals surface area contributed by atoms with Crippen LogP contribution in [-0.2, 0) is 9.59 Å². The lowest BCUT2D eigenvalue weighted by Gasteiger charge is -2.10. The minimum Gasteiger partial charge on any atom is -0.480 e. The Morgan fingerprint density at radius 1 is 1.36 bits per heavy atom. The Morgan fingerprint density at radius 2 is 1.93 bits per heavy atom. The number of hydrogen-bond acceptors (Lipinski definition) is 4. The molecule has 0 amide bonds. The fourth-order valence-corrected chi connectivity index (χ4v) is 1.88. The smallest absolute Gasteiger partial charge is 0.320 e. The molecule has 0 fully saturated rings. The first-order valence-electron chi connectivity index (χ1n) is 4.31. The van der Waals surface area contributed by atoms with Gasteiger partial charge in [-0.2, -0.15) is 0 Å². The molecule has 0 aromatic carbocycles. The molecule has 14 heavy (non-hydrogen) atoms. The van der Waals surface area contributed by atoms with Crippen LogP contribution in [0, 0.1) is 0 Å². The van der Waals surface area contributed by atoms with E-state index in [9.17, 15) is 9.59 Å². The van der Waals surface area contributed by atoms with Crippen molar-refractivity contribution < 1.29 is 19.8 Å². The number of aliphatic carboxylic acids is 2. The first-order chi connectivity index (χ1) is 6.49. The summed E-state index contributed by atoms with van der Waals surface area (Å²) in [6, 6.07) is -0.895. The highest BCUT2D eigenvalue weighted by atomic mass is 32.2. The molecule has 6 heteroatoms. The molecule has 0 saturated carbocycles. The molecular formula is C8H15NO4S. The van der Waals surface area contributed by atoms with E-state index in [0.717, 1.165) is 0 Å². The van der Waals surface area contributed by atoms with Crippen LogP contribution in [0.25, 0.3) is 0 Å². The molecule has 0 saturated heterocycles. The zero-order chi connectivity index (χ0) is 11.1. The molecule has 0 heterocycles. The molecule has 2 unspecified atom stereocenters. The molecule has 0 aliphatic rings. The van der Waals surface area contributed by atoms with Crippen LogP contribution < -0.4 is 5.73 Å². The van der Waals surface area contributed by atoms with Crippen LogP contribution in [0.4, 0.5) is 0 Å². The molecule has 2 atom stereocenters. The number of carboxylic acids is 2. The Labute approximate surface area is 86.7 Å². The summed E-state index contributed by atoms with van der Waals surface area (Å²) >= 11 is 1.23. The molecule has 5 nitrogen and oxygen atoms in total. The molecule has 4 N–H and O–H groups in total. The standard InChI is InChI=1S/C8H15NO4S/c1-2-6(8(12)13)14-4-3-5(9)7(10)11/h5-6H,2-4,9H2,1H3,(H,10,11)(H,12,13). The van der Waals surface area contributed by atoms with Crippen molar-refractivity contribution >= 4 is 23.7 Å². The SMILES string of the molecule is CCC(SCCC(N)C(=O)O)C(=O)O. The van der Waals surface area contributed by atoms with E-state index in [1.807, 2.05) is 0 Å². The predicted octanol–water partition coefficient (Wildman–Crippen LogP) is 0.385. The number of thioether (sulfide) groups is 1. The lowest BCUT2D eigenvalue weighted by atomic mass is 10.2. The molecule has 82 valence electrons. The van der Waals surface area contributed by atoms with Crippen molar-refractivity contribution in [2.45, 2.75) is 31.1 Å². The third-order valence-corrected chi connectivity index (χ3v) is 3.12. The maximum atomic E-state index is 10.6. The highest BCUT2D eigenvalue weighted by Crippen LogP contribution is 2.16. The van der Waals surface area contributed by atoms with Gasteiger partial charge in [0.25, 0.3) is 0 Å². The van der Waals surface area contributed by atoms with Crippen LogP contribution >= 0.6 is 11.8 Å². The first kappa shape index (κ1) is 13.2. The molecule has 0 aromatic heterocycles. The van der Waals surface area contributed by atoms with E-state index in [-0.39, 0.29) is 0 Å². The van der Waals surface area contributed by atoms with Crippen molar-refractivity contribution in [3.8, 4) is 0 Å². The lowest BCUT2D eigenvalue weighted by Crippen LogP contribution is -2.31. The van der Waals surface area contributed by atoms with Gasteiger partial charge in [-0.1, -0.05) is 6.92 Å². The van der Waals surface area contributed by atoms with E-state index in [0.29, 0.717) is 18.6 Å². The monoisotopic (exact) mass is 221 g/mol. The van der Waals surface area contributed by atoms with E-state index in [1.165, 1.54) is 11.8 Å². The average molecular weight is 221 g/mol. The number of carboxylic acid groups (broad SMARTS) is 2. The van der Waals surface area contributed by atoms with Gasteiger partial charge in [0.15, 0.2) is 0 Å². The predicted molar refractivity (Wildman–Crippen MR) is 54.4 cm³/mol. The molecule has 0 rings (SSSR count). The van der Waals surface area contributed by atoms with Crippen LogP contribution in [0.5, 0.6) is 0 Å². The number of carbonyl (C=O) groups is 2. The summed E-state index contributed by atoms with van der Waals surface area (Å²) in [7, 11) is 0. The van der Waals surface area contributed by atoms with Crippen LogP contribution in [0.2, 0.25) is 0 Å². The summed E-state index contributed by atoms with van der Waals surface area (Å²) < 4.78 is 0. The van der Waals surface area contributed by atoms with E-state index in [4.69, 9.17) is 15.9 Å². The molecule has 0 spiro atoms. The highest BCUT2D eigenvalue weighted by molar-refractivity contribution is 8.00. The maximum Gasteiger partial charge on any atom is 0.320 e. The first-order valence-corrected chi connectivity index (χ1v) is 5.36. The number of hydrogen-bond donors (Lipinski definition) is 3. The summed E-state index contributed by atoms with van der Waals surface area (Å²) in [6.07, 6.45) is 0.825. The van der Waals surface area contributed by atoms with Gasteiger partial charge < -0.3 is 15.9 Å². The Kier molecular flexibility index (Phi) is 6.31. The fourth-order valence-electron chi connectivity index (χ4n) is 0.825. The number of nitrogens with two attached hydrogens (primary N) is 1. The normalized spacial score (nSPS) is 14.7. The maximum absolute atomic E-state index is 10.6. The summed E-state index contributed by atoms with van der Waals surface area (Å²) in [5, 5.41) is 16.7. The Balaban J connectivity index is 3.71. The molecule has 0 radical (unpaired) electrons. The zero-order valence-electron chi connectivity index (χ0n) is 7.97. The van der Waals surface area contributed by atoms with Crippen molar-refractivity contribution in [2.24, 2.45) is 5.73 Å². The van der Waals surface area contributed by atoms with Gasteiger partial charge in [0.1, 0.15) is 11.3 Å². The second-order valence-electron chi connectivity index (χ2n) is 2.84. The molecule has 0 aliphatic heterocycles. The summed E-state index contributed by atoms with van der Waals surface area (Å²) in [5.41, 5.74) is 5.26. The van der Waals surface area contributed by atoms with Crippen molar-refractivity contribution in [3.63, 3.8) is 0 Å². The Hall–Kier alpha value is -0.750. The summed E-state index contributed by atoms with van der Waals surface area (Å²) in [6.45, 7) is 1.78. The van der Waals surface area contributed by atoms with Crippen molar-refractivity contribution in [1.29, 1.82) is 0 Å². The largest absolute Gasteiger partial charge is 0.480 e. The Bertz CT molecular complexity index is 210. The van der Waals surface area contributed by atoms with Crippen molar-refractivity contribution in [2.75, 3.05) is 5.75 Å². The summed E-state index contributed by atoms with van der Waals surface area (Å²) in [4.78, 5) is 20.9. The zero-order valence-corrected chi connectivity index (χ0v) is 8.79. The van der Waals surface area contributed by atoms with Crippen molar-refractivity contribution in [1.82, 2.24) is 0 Å². The van der Waals surface area contributed by atoms with Gasteiger partial charge in [-0.15, -0.1) is 11.8 Å². The minimum absolute atomic E-state index is 0.295. The average Bonchev–Trinajstić information content (AvgIpc) is 2.11. The third kappa shape index (κ3) is 5.08. The van der Waals surface area contributed by atoms with Crippen LogP contribution in [0.3, 0.4) is 0 Å². The molecule has 0 bridgehead atoms. The van der Waals surface area contributed by atoms with Gasteiger partial charge in [-0.25, -0.2) is 0 Å². The summed E-state index contributed by atoms with van der Waals surface area (Å²) in [5.74, 6) is -1.45. The Morgan fingerprint density at radius 3 is 2.29 bits per heavy atom. The topological polar surface area (TPSA) is 101 Å². The van der Waals surface area contributed by atoms with Crippen molar-refractivity contribution in [3.05, 3.63) is 0 Å². The van der Waals surface area contributed by atoms with Gasteiger partial charge in [-0.3, -0.25) is 9.59 Å². The van der Waals surface area contributed by atoms with Crippen LogP contribution in [0.1, 0.15) is 19.8 Å².